The minimum absolute atomic E-state index is 0.0984. The minimum Gasteiger partial charge on any atom is -0.493 e. The maximum Gasteiger partial charge on any atom is 0.270 e. The third-order valence-electron chi connectivity index (χ3n) is 7.09. The van der Waals surface area contributed by atoms with Crippen molar-refractivity contribution >= 4 is 46.1 Å². The molecule has 3 heterocycles. The molecule has 0 spiro atoms. The summed E-state index contributed by atoms with van der Waals surface area (Å²) < 4.78 is 12.7. The molecule has 4 rings (SSSR count). The maximum absolute atomic E-state index is 13.5. The van der Waals surface area contributed by atoms with Crippen LogP contribution in [0.3, 0.4) is 0 Å². The summed E-state index contributed by atoms with van der Waals surface area (Å²) in [5, 5.41) is 9.72. The zero-order chi connectivity index (χ0) is 27.4. The fraction of sp³-hybridized carbons (Fsp3) is 0.429. The Morgan fingerprint density at radius 2 is 1.79 bits per heavy atom. The summed E-state index contributed by atoms with van der Waals surface area (Å²) in [4.78, 5) is 30.8. The van der Waals surface area contributed by atoms with Crippen molar-refractivity contribution in [2.45, 2.75) is 39.0 Å². The lowest BCUT2D eigenvalue weighted by molar-refractivity contribution is -0.122. The van der Waals surface area contributed by atoms with Crippen LogP contribution < -0.4 is 19.9 Å². The van der Waals surface area contributed by atoms with Gasteiger partial charge in [0.2, 0.25) is 0 Å². The molecule has 2 aliphatic heterocycles. The van der Waals surface area contributed by atoms with Crippen molar-refractivity contribution in [2.24, 2.45) is 7.05 Å². The summed E-state index contributed by atoms with van der Waals surface area (Å²) in [6.45, 7) is 3.86. The quantitative estimate of drug-likeness (QED) is 0.369. The van der Waals surface area contributed by atoms with Gasteiger partial charge in [0.15, 0.2) is 11.5 Å². The molecule has 1 aromatic carbocycles. The molecule has 1 aromatic heterocycles. The van der Waals surface area contributed by atoms with Crippen LogP contribution in [0.15, 0.2) is 27.9 Å². The smallest absolute Gasteiger partial charge is 0.270 e. The first-order chi connectivity index (χ1) is 18.3. The van der Waals surface area contributed by atoms with E-state index < -0.39 is 0 Å². The molecule has 10 heteroatoms. The number of hydrogen-bond donors (Lipinski definition) is 0. The minimum atomic E-state index is -0.316. The van der Waals surface area contributed by atoms with Crippen molar-refractivity contribution in [3.8, 4) is 17.6 Å². The third kappa shape index (κ3) is 5.45. The Balaban J connectivity index is 1.66. The Labute approximate surface area is 232 Å². The van der Waals surface area contributed by atoms with Crippen LogP contribution in [-0.4, -0.2) is 53.5 Å². The SMILES string of the molecule is COc1ccc(CCN2C(=O)/C(=C\c3c(C)c(C#N)c(=O)n(C)c3N3CCCCCC3)SC2=S)cc1OC. The van der Waals surface area contributed by atoms with Gasteiger partial charge < -0.3 is 14.4 Å². The van der Waals surface area contributed by atoms with Gasteiger partial charge in [0, 0.05) is 32.2 Å². The number of thioether (sulfide) groups is 1. The van der Waals surface area contributed by atoms with Crippen LogP contribution in [0.25, 0.3) is 6.08 Å². The Morgan fingerprint density at radius 3 is 2.42 bits per heavy atom. The van der Waals surface area contributed by atoms with Gasteiger partial charge >= 0.3 is 0 Å². The van der Waals surface area contributed by atoms with Crippen molar-refractivity contribution in [3.63, 3.8) is 0 Å². The van der Waals surface area contributed by atoms with Gasteiger partial charge in [0.05, 0.1) is 19.1 Å². The molecule has 0 saturated carbocycles. The zero-order valence-corrected chi connectivity index (χ0v) is 23.8. The first-order valence-corrected chi connectivity index (χ1v) is 13.9. The summed E-state index contributed by atoms with van der Waals surface area (Å²) in [6.07, 6.45) is 6.76. The Hall–Kier alpha value is -3.29. The van der Waals surface area contributed by atoms with E-state index >= 15 is 0 Å². The molecule has 2 aliphatic rings. The molecule has 0 bridgehead atoms. The van der Waals surface area contributed by atoms with Crippen LogP contribution >= 0.6 is 24.0 Å². The number of aromatic nitrogens is 1. The molecule has 0 unspecified atom stereocenters. The molecule has 0 radical (unpaired) electrons. The standard InChI is InChI=1S/C28H32N4O4S2/c1-18-20(25(30(2)26(33)21(18)17-29)31-12-7-5-6-8-13-31)16-24-27(34)32(28(37)38-24)14-11-19-9-10-22(35-3)23(15-19)36-4/h9-10,15-16H,5-8,11-14H2,1-4H3/b24-16+. The zero-order valence-electron chi connectivity index (χ0n) is 22.2. The van der Waals surface area contributed by atoms with Crippen molar-refractivity contribution in [1.29, 1.82) is 5.26 Å². The highest BCUT2D eigenvalue weighted by Gasteiger charge is 2.33. The largest absolute Gasteiger partial charge is 0.493 e. The Morgan fingerprint density at radius 1 is 1.11 bits per heavy atom. The number of pyridine rings is 1. The van der Waals surface area contributed by atoms with Crippen LogP contribution in [0.4, 0.5) is 5.82 Å². The summed E-state index contributed by atoms with van der Waals surface area (Å²) in [5.41, 5.74) is 2.10. The topological polar surface area (TPSA) is 87.8 Å². The van der Waals surface area contributed by atoms with E-state index in [4.69, 9.17) is 21.7 Å². The normalized spacial score (nSPS) is 17.1. The maximum atomic E-state index is 13.5. The molecule has 38 heavy (non-hydrogen) atoms. The molecule has 0 N–H and O–H groups in total. The van der Waals surface area contributed by atoms with E-state index in [1.165, 1.54) is 11.8 Å². The van der Waals surface area contributed by atoms with Gasteiger partial charge in [-0.3, -0.25) is 19.1 Å². The summed E-state index contributed by atoms with van der Waals surface area (Å²) in [7, 11) is 4.88. The number of nitrogens with zero attached hydrogens (tertiary/aromatic N) is 4. The number of anilines is 1. The van der Waals surface area contributed by atoms with E-state index in [9.17, 15) is 14.9 Å². The first kappa shape index (κ1) is 27.7. The second kappa shape index (κ2) is 12.0. The third-order valence-corrected chi connectivity index (χ3v) is 8.47. The number of carbonyl (C=O) groups excluding carboxylic acids is 1. The number of amides is 1. The molecule has 2 saturated heterocycles. The predicted molar refractivity (Wildman–Crippen MR) is 155 cm³/mol. The number of thiocarbonyl (C=S) groups is 1. The molecule has 2 fully saturated rings. The highest BCUT2D eigenvalue weighted by Crippen LogP contribution is 2.36. The van der Waals surface area contributed by atoms with Gasteiger partial charge in [-0.2, -0.15) is 5.26 Å². The number of ether oxygens (including phenoxy) is 2. The van der Waals surface area contributed by atoms with E-state index in [2.05, 4.69) is 11.0 Å². The fourth-order valence-corrected chi connectivity index (χ4v) is 6.27. The van der Waals surface area contributed by atoms with Gasteiger partial charge in [-0.25, -0.2) is 0 Å². The van der Waals surface area contributed by atoms with Crippen LogP contribution in [-0.2, 0) is 18.3 Å². The van der Waals surface area contributed by atoms with Crippen LogP contribution in [0.1, 0.15) is 47.9 Å². The molecule has 2 aromatic rings. The van der Waals surface area contributed by atoms with Crippen molar-refractivity contribution < 1.29 is 14.3 Å². The highest BCUT2D eigenvalue weighted by molar-refractivity contribution is 8.26. The van der Waals surface area contributed by atoms with Gasteiger partial charge in [-0.15, -0.1) is 0 Å². The number of methoxy groups -OCH3 is 2. The van der Waals surface area contributed by atoms with E-state index in [1.807, 2.05) is 24.3 Å². The van der Waals surface area contributed by atoms with Gasteiger partial charge in [0.25, 0.3) is 11.5 Å². The Bertz CT molecular complexity index is 1380. The van der Waals surface area contributed by atoms with E-state index in [0.717, 1.165) is 55.7 Å². The molecule has 8 nitrogen and oxygen atoms in total. The highest BCUT2D eigenvalue weighted by atomic mass is 32.2. The molecule has 1 amide bonds. The van der Waals surface area contributed by atoms with Crippen LogP contribution in [0.5, 0.6) is 11.5 Å². The molecular weight excluding hydrogens is 520 g/mol. The lowest BCUT2D eigenvalue weighted by Crippen LogP contribution is -2.34. The van der Waals surface area contributed by atoms with Gasteiger partial charge in [0.1, 0.15) is 21.8 Å². The van der Waals surface area contributed by atoms with E-state index in [1.54, 1.807) is 37.7 Å². The molecule has 0 aliphatic carbocycles. The van der Waals surface area contributed by atoms with Crippen molar-refractivity contribution in [2.75, 3.05) is 38.8 Å². The van der Waals surface area contributed by atoms with Gasteiger partial charge in [-0.05, 0) is 55.5 Å². The van der Waals surface area contributed by atoms with Crippen molar-refractivity contribution in [3.05, 3.63) is 55.7 Å². The van der Waals surface area contributed by atoms with E-state index in [-0.39, 0.29) is 17.0 Å². The number of hydrogen-bond acceptors (Lipinski definition) is 8. The summed E-state index contributed by atoms with van der Waals surface area (Å²) in [5.74, 6) is 1.86. The number of carbonyl (C=O) groups is 1. The fourth-order valence-electron chi connectivity index (χ4n) is 4.98. The average Bonchev–Trinajstić information content (AvgIpc) is 3.08. The first-order valence-electron chi connectivity index (χ1n) is 12.7. The lowest BCUT2D eigenvalue weighted by atomic mass is 10.0. The van der Waals surface area contributed by atoms with Crippen LogP contribution in [0, 0.1) is 18.3 Å². The van der Waals surface area contributed by atoms with Crippen LogP contribution in [0.2, 0.25) is 0 Å². The Kier molecular flexibility index (Phi) is 8.80. The second-order valence-corrected chi connectivity index (χ2v) is 11.1. The number of nitriles is 1. The monoisotopic (exact) mass is 552 g/mol. The summed E-state index contributed by atoms with van der Waals surface area (Å²) >= 11 is 6.84. The van der Waals surface area contributed by atoms with Gasteiger partial charge in [-0.1, -0.05) is 42.9 Å². The lowest BCUT2D eigenvalue weighted by Gasteiger charge is -2.28. The molecular formula is C28H32N4O4S2. The average molecular weight is 553 g/mol. The molecule has 0 atom stereocenters. The summed E-state index contributed by atoms with van der Waals surface area (Å²) in [6, 6.07) is 7.76. The van der Waals surface area contributed by atoms with Crippen molar-refractivity contribution in [1.82, 2.24) is 9.47 Å². The number of rotatable bonds is 7. The second-order valence-electron chi connectivity index (χ2n) is 9.39. The predicted octanol–water partition coefficient (Wildman–Crippen LogP) is 4.41. The van der Waals surface area contributed by atoms with E-state index in [0.29, 0.717) is 39.3 Å². The molecule has 200 valence electrons. The number of benzene rings is 1.